The van der Waals surface area contributed by atoms with Crippen LogP contribution in [0.1, 0.15) is 56.4 Å². The molecule has 0 aliphatic carbocycles. The maximum atomic E-state index is 6.25. The molecule has 0 aliphatic rings. The highest BCUT2D eigenvalue weighted by atomic mass is 35.5. The van der Waals surface area contributed by atoms with Gasteiger partial charge in [0.25, 0.3) is 0 Å². The van der Waals surface area contributed by atoms with E-state index in [4.69, 9.17) is 16.6 Å². The Labute approximate surface area is 221 Å². The molecule has 4 heteroatoms. The SMILES string of the molecule is CCCCN(Cc1cccc(C)c1)Cc1c(-c2ccc(Cl)cc2)nc(-c2ccccc2)n1CCCC. The maximum Gasteiger partial charge on any atom is 0.140 e. The van der Waals surface area contributed by atoms with Crippen LogP contribution in [0.2, 0.25) is 5.02 Å². The van der Waals surface area contributed by atoms with Gasteiger partial charge in [-0.25, -0.2) is 4.98 Å². The van der Waals surface area contributed by atoms with Crippen LogP contribution in [0.15, 0.2) is 78.9 Å². The van der Waals surface area contributed by atoms with Gasteiger partial charge in [-0.15, -0.1) is 0 Å². The fourth-order valence-electron chi connectivity index (χ4n) is 4.73. The lowest BCUT2D eigenvalue weighted by atomic mass is 10.1. The van der Waals surface area contributed by atoms with Gasteiger partial charge in [0.05, 0.1) is 11.4 Å². The van der Waals surface area contributed by atoms with Crippen molar-refractivity contribution in [3.8, 4) is 22.6 Å². The summed E-state index contributed by atoms with van der Waals surface area (Å²) < 4.78 is 2.47. The quantitative estimate of drug-likeness (QED) is 0.194. The van der Waals surface area contributed by atoms with E-state index < -0.39 is 0 Å². The first-order chi connectivity index (χ1) is 17.6. The Hall–Kier alpha value is -2.88. The molecule has 0 fully saturated rings. The monoisotopic (exact) mass is 499 g/mol. The lowest BCUT2D eigenvalue weighted by molar-refractivity contribution is 0.246. The average molecular weight is 500 g/mol. The summed E-state index contributed by atoms with van der Waals surface area (Å²) in [7, 11) is 0. The molecule has 0 radical (unpaired) electrons. The second-order valence-electron chi connectivity index (χ2n) is 9.66. The van der Waals surface area contributed by atoms with Crippen molar-refractivity contribution in [2.24, 2.45) is 0 Å². The van der Waals surface area contributed by atoms with E-state index in [1.165, 1.54) is 29.7 Å². The molecule has 0 aliphatic heterocycles. The Bertz CT molecular complexity index is 1230. The zero-order chi connectivity index (χ0) is 25.3. The third-order valence-electron chi connectivity index (χ3n) is 6.65. The van der Waals surface area contributed by atoms with E-state index in [1.54, 1.807) is 0 Å². The summed E-state index contributed by atoms with van der Waals surface area (Å²) in [5.74, 6) is 1.05. The number of hydrogen-bond acceptors (Lipinski definition) is 2. The molecule has 4 rings (SSSR count). The van der Waals surface area contributed by atoms with E-state index in [0.717, 1.165) is 66.7 Å². The summed E-state index contributed by atoms with van der Waals surface area (Å²) in [6.45, 7) is 10.5. The van der Waals surface area contributed by atoms with Gasteiger partial charge < -0.3 is 4.57 Å². The second kappa shape index (κ2) is 12.9. The van der Waals surface area contributed by atoms with Gasteiger partial charge in [-0.3, -0.25) is 4.90 Å². The summed E-state index contributed by atoms with van der Waals surface area (Å²) in [5, 5.41) is 0.748. The summed E-state index contributed by atoms with van der Waals surface area (Å²) >= 11 is 6.25. The number of hydrogen-bond donors (Lipinski definition) is 0. The zero-order valence-corrected chi connectivity index (χ0v) is 22.6. The Morgan fingerprint density at radius 3 is 2.25 bits per heavy atom. The van der Waals surface area contributed by atoms with E-state index >= 15 is 0 Å². The van der Waals surface area contributed by atoms with Crippen molar-refractivity contribution in [1.29, 1.82) is 0 Å². The highest BCUT2D eigenvalue weighted by Gasteiger charge is 2.22. The number of unbranched alkanes of at least 4 members (excludes halogenated alkanes) is 2. The predicted octanol–water partition coefficient (Wildman–Crippen LogP) is 8.78. The number of imidazole rings is 1. The molecule has 3 aromatic carbocycles. The first-order valence-corrected chi connectivity index (χ1v) is 13.7. The Balaban J connectivity index is 1.81. The molecule has 1 heterocycles. The molecule has 4 aromatic rings. The fourth-order valence-corrected chi connectivity index (χ4v) is 4.85. The van der Waals surface area contributed by atoms with Gasteiger partial charge in [0, 0.05) is 35.8 Å². The predicted molar refractivity (Wildman–Crippen MR) is 153 cm³/mol. The molecule has 0 unspecified atom stereocenters. The number of nitrogens with zero attached hydrogens (tertiary/aromatic N) is 3. The van der Waals surface area contributed by atoms with Gasteiger partial charge in [0.2, 0.25) is 0 Å². The molecule has 188 valence electrons. The third kappa shape index (κ3) is 6.66. The first-order valence-electron chi connectivity index (χ1n) is 13.3. The molecule has 0 amide bonds. The molecular formula is C32H38ClN3. The highest BCUT2D eigenvalue weighted by molar-refractivity contribution is 6.30. The van der Waals surface area contributed by atoms with Crippen molar-refractivity contribution in [2.45, 2.75) is 66.1 Å². The summed E-state index contributed by atoms with van der Waals surface area (Å²) in [6.07, 6.45) is 4.62. The molecule has 0 atom stereocenters. The van der Waals surface area contributed by atoms with Crippen LogP contribution in [0.25, 0.3) is 22.6 Å². The number of rotatable bonds is 12. The van der Waals surface area contributed by atoms with Crippen LogP contribution in [-0.2, 0) is 19.6 Å². The molecule has 0 saturated carbocycles. The van der Waals surface area contributed by atoms with Crippen molar-refractivity contribution in [1.82, 2.24) is 14.5 Å². The van der Waals surface area contributed by atoms with Crippen molar-refractivity contribution in [2.75, 3.05) is 6.54 Å². The molecule has 0 spiro atoms. The maximum absolute atomic E-state index is 6.25. The van der Waals surface area contributed by atoms with Crippen molar-refractivity contribution >= 4 is 11.6 Å². The van der Waals surface area contributed by atoms with E-state index in [9.17, 15) is 0 Å². The number of aryl methyl sites for hydroxylation is 1. The Morgan fingerprint density at radius 1 is 0.806 bits per heavy atom. The van der Waals surface area contributed by atoms with Crippen LogP contribution in [0.5, 0.6) is 0 Å². The van der Waals surface area contributed by atoms with Gasteiger partial charge in [-0.1, -0.05) is 111 Å². The molecule has 0 bridgehead atoms. The number of halogens is 1. The summed E-state index contributed by atoms with van der Waals surface area (Å²) in [6, 6.07) is 27.6. The molecular weight excluding hydrogens is 462 g/mol. The van der Waals surface area contributed by atoms with Gasteiger partial charge in [0.1, 0.15) is 5.82 Å². The van der Waals surface area contributed by atoms with E-state index in [1.807, 2.05) is 12.1 Å². The molecule has 0 saturated heterocycles. The van der Waals surface area contributed by atoms with Gasteiger partial charge in [-0.2, -0.15) is 0 Å². The van der Waals surface area contributed by atoms with Crippen LogP contribution >= 0.6 is 11.6 Å². The Kier molecular flexibility index (Phi) is 9.38. The van der Waals surface area contributed by atoms with Gasteiger partial charge in [-0.05, 0) is 44.0 Å². The molecule has 1 aromatic heterocycles. The van der Waals surface area contributed by atoms with E-state index in [0.29, 0.717) is 0 Å². The molecule has 3 nitrogen and oxygen atoms in total. The van der Waals surface area contributed by atoms with Crippen molar-refractivity contribution in [3.63, 3.8) is 0 Å². The average Bonchev–Trinajstić information content (AvgIpc) is 3.24. The topological polar surface area (TPSA) is 21.1 Å². The van der Waals surface area contributed by atoms with Crippen LogP contribution in [0, 0.1) is 6.92 Å². The third-order valence-corrected chi connectivity index (χ3v) is 6.90. The Morgan fingerprint density at radius 2 is 1.56 bits per heavy atom. The fraction of sp³-hybridized carbons (Fsp3) is 0.344. The van der Waals surface area contributed by atoms with Crippen LogP contribution in [0.3, 0.4) is 0 Å². The second-order valence-corrected chi connectivity index (χ2v) is 10.1. The number of benzene rings is 3. The lowest BCUT2D eigenvalue weighted by Crippen LogP contribution is -2.26. The van der Waals surface area contributed by atoms with Crippen LogP contribution < -0.4 is 0 Å². The van der Waals surface area contributed by atoms with Crippen molar-refractivity contribution < 1.29 is 0 Å². The number of aromatic nitrogens is 2. The zero-order valence-electron chi connectivity index (χ0n) is 21.9. The van der Waals surface area contributed by atoms with E-state index in [2.05, 4.69) is 97.0 Å². The minimum atomic E-state index is 0.748. The molecule has 0 N–H and O–H groups in total. The first kappa shape index (κ1) is 26.2. The largest absolute Gasteiger partial charge is 0.326 e. The standard InChI is InChI=1S/C32H38ClN3/c1-4-6-20-35(23-26-13-11-12-25(3)22-26)24-30-31(27-16-18-29(33)19-17-27)34-32(36(30)21-7-5-2)28-14-9-8-10-15-28/h8-19,22H,4-7,20-21,23-24H2,1-3H3. The van der Waals surface area contributed by atoms with Gasteiger partial charge in [0.15, 0.2) is 0 Å². The highest BCUT2D eigenvalue weighted by Crippen LogP contribution is 2.32. The van der Waals surface area contributed by atoms with Crippen molar-refractivity contribution in [3.05, 3.63) is 101 Å². The smallest absolute Gasteiger partial charge is 0.140 e. The van der Waals surface area contributed by atoms with Crippen LogP contribution in [0.4, 0.5) is 0 Å². The lowest BCUT2D eigenvalue weighted by Gasteiger charge is -2.24. The van der Waals surface area contributed by atoms with Crippen LogP contribution in [-0.4, -0.2) is 21.0 Å². The minimum absolute atomic E-state index is 0.748. The van der Waals surface area contributed by atoms with E-state index in [-0.39, 0.29) is 0 Å². The normalized spacial score (nSPS) is 11.4. The van der Waals surface area contributed by atoms with Gasteiger partial charge >= 0.3 is 0 Å². The summed E-state index contributed by atoms with van der Waals surface area (Å²) in [4.78, 5) is 7.87. The minimum Gasteiger partial charge on any atom is -0.326 e. The molecule has 36 heavy (non-hydrogen) atoms. The summed E-state index contributed by atoms with van der Waals surface area (Å²) in [5.41, 5.74) is 7.30.